The van der Waals surface area contributed by atoms with Gasteiger partial charge in [-0.05, 0) is 12.8 Å². The van der Waals surface area contributed by atoms with Crippen LogP contribution in [0.3, 0.4) is 0 Å². The van der Waals surface area contributed by atoms with E-state index in [9.17, 15) is 5.11 Å². The minimum atomic E-state index is -0.544. The number of aliphatic hydroxyl groups is 1. The average molecular weight is 248 g/mol. The molecule has 4 heteroatoms. The molecule has 1 aliphatic rings. The average Bonchev–Trinajstić information content (AvgIpc) is 1.82. The van der Waals surface area contributed by atoms with Gasteiger partial charge in [0.2, 0.25) is 0 Å². The Morgan fingerprint density at radius 2 is 1.60 bits per heavy atom. The Bertz CT molecular complexity index is 110. The van der Waals surface area contributed by atoms with Crippen molar-refractivity contribution in [3.05, 3.63) is 0 Å². The van der Waals surface area contributed by atoms with Crippen LogP contribution in [0.4, 0.5) is 0 Å². The van der Waals surface area contributed by atoms with E-state index in [4.69, 9.17) is 23.2 Å². The maximum atomic E-state index is 9.28. The SMILES string of the molecule is OC1C(Cl)CC(Br)CC1Cl. The third-order valence-electron chi connectivity index (χ3n) is 1.70. The molecule has 0 amide bonds. The summed E-state index contributed by atoms with van der Waals surface area (Å²) >= 11 is 15.0. The van der Waals surface area contributed by atoms with E-state index in [1.54, 1.807) is 0 Å². The highest BCUT2D eigenvalue weighted by molar-refractivity contribution is 9.09. The van der Waals surface area contributed by atoms with Gasteiger partial charge in [0.25, 0.3) is 0 Å². The van der Waals surface area contributed by atoms with Crippen molar-refractivity contribution in [2.45, 2.75) is 34.5 Å². The van der Waals surface area contributed by atoms with E-state index in [0.29, 0.717) is 4.83 Å². The summed E-state index contributed by atoms with van der Waals surface area (Å²) in [5, 5.41) is 8.89. The van der Waals surface area contributed by atoms with Gasteiger partial charge in [-0.3, -0.25) is 0 Å². The second-order valence-electron chi connectivity index (χ2n) is 2.59. The molecule has 2 unspecified atom stereocenters. The lowest BCUT2D eigenvalue weighted by molar-refractivity contribution is 0.141. The first-order valence-corrected chi connectivity index (χ1v) is 5.00. The molecule has 0 aromatic heterocycles. The van der Waals surface area contributed by atoms with Crippen molar-refractivity contribution in [3.8, 4) is 0 Å². The summed E-state index contributed by atoms with van der Waals surface area (Å²) in [5.74, 6) is 0. The van der Waals surface area contributed by atoms with E-state index in [1.165, 1.54) is 0 Å². The van der Waals surface area contributed by atoms with Crippen molar-refractivity contribution < 1.29 is 5.11 Å². The summed E-state index contributed by atoms with van der Waals surface area (Å²) in [4.78, 5) is 0.362. The maximum absolute atomic E-state index is 9.28. The third kappa shape index (κ3) is 2.00. The van der Waals surface area contributed by atoms with E-state index in [-0.39, 0.29) is 10.8 Å². The van der Waals surface area contributed by atoms with Crippen LogP contribution in [0.15, 0.2) is 0 Å². The summed E-state index contributed by atoms with van der Waals surface area (Å²) in [6.07, 6.45) is 1.05. The highest BCUT2D eigenvalue weighted by Gasteiger charge is 2.33. The fraction of sp³-hybridized carbons (Fsp3) is 1.00. The highest BCUT2D eigenvalue weighted by Crippen LogP contribution is 2.31. The Labute approximate surface area is 78.8 Å². The zero-order chi connectivity index (χ0) is 7.72. The summed E-state index contributed by atoms with van der Waals surface area (Å²) in [5.41, 5.74) is 0. The van der Waals surface area contributed by atoms with Gasteiger partial charge in [0, 0.05) is 4.83 Å². The first-order chi connectivity index (χ1) is 4.61. The molecule has 1 saturated carbocycles. The Morgan fingerprint density at radius 3 is 2.00 bits per heavy atom. The highest BCUT2D eigenvalue weighted by atomic mass is 79.9. The predicted octanol–water partition coefficient (Wildman–Crippen LogP) is 2.12. The zero-order valence-corrected chi connectivity index (χ0v) is 8.40. The fourth-order valence-electron chi connectivity index (χ4n) is 1.09. The smallest absolute Gasteiger partial charge is 0.0867 e. The molecule has 1 rings (SSSR count). The molecular weight excluding hydrogens is 239 g/mol. The lowest BCUT2D eigenvalue weighted by Gasteiger charge is -2.30. The van der Waals surface area contributed by atoms with Crippen LogP contribution in [0.1, 0.15) is 12.8 Å². The molecule has 2 atom stereocenters. The van der Waals surface area contributed by atoms with Gasteiger partial charge in [-0.15, -0.1) is 23.2 Å². The van der Waals surface area contributed by atoms with Crippen LogP contribution in [0.25, 0.3) is 0 Å². The summed E-state index contributed by atoms with van der Waals surface area (Å²) < 4.78 is 0. The van der Waals surface area contributed by atoms with Crippen LogP contribution in [-0.2, 0) is 0 Å². The van der Waals surface area contributed by atoms with Gasteiger partial charge in [-0.1, -0.05) is 15.9 Å². The molecule has 60 valence electrons. The molecule has 0 spiro atoms. The molecule has 1 fully saturated rings. The van der Waals surface area contributed by atoms with Crippen LogP contribution in [0, 0.1) is 0 Å². The molecular formula is C6H9BrCl2O. The zero-order valence-electron chi connectivity index (χ0n) is 5.30. The fourth-order valence-corrected chi connectivity index (χ4v) is 3.18. The van der Waals surface area contributed by atoms with Crippen LogP contribution in [-0.4, -0.2) is 26.8 Å². The molecule has 1 aliphatic carbocycles. The number of hydrogen-bond acceptors (Lipinski definition) is 1. The molecule has 10 heavy (non-hydrogen) atoms. The molecule has 1 nitrogen and oxygen atoms in total. The predicted molar refractivity (Wildman–Crippen MR) is 47.2 cm³/mol. The summed E-state index contributed by atoms with van der Waals surface area (Å²) in [7, 11) is 0. The Hall–Kier alpha value is 1.02. The van der Waals surface area contributed by atoms with Crippen LogP contribution < -0.4 is 0 Å². The number of halogens is 3. The van der Waals surface area contributed by atoms with Gasteiger partial charge in [-0.25, -0.2) is 0 Å². The minimum Gasteiger partial charge on any atom is -0.390 e. The number of aliphatic hydroxyl groups excluding tert-OH is 1. The third-order valence-corrected chi connectivity index (χ3v) is 3.32. The number of rotatable bonds is 0. The molecule has 0 aromatic rings. The summed E-state index contributed by atoms with van der Waals surface area (Å²) in [6, 6.07) is 0. The first kappa shape index (κ1) is 9.11. The molecule has 0 saturated heterocycles. The lowest BCUT2D eigenvalue weighted by atomic mass is 9.97. The molecule has 1 N–H and O–H groups in total. The Morgan fingerprint density at radius 1 is 1.20 bits per heavy atom. The maximum Gasteiger partial charge on any atom is 0.0867 e. The molecule has 0 bridgehead atoms. The first-order valence-electron chi connectivity index (χ1n) is 3.21. The van der Waals surface area contributed by atoms with Gasteiger partial charge < -0.3 is 5.11 Å². The molecule has 0 aliphatic heterocycles. The van der Waals surface area contributed by atoms with Gasteiger partial charge in [0.15, 0.2) is 0 Å². The van der Waals surface area contributed by atoms with Crippen molar-refractivity contribution in [1.29, 1.82) is 0 Å². The van der Waals surface area contributed by atoms with Crippen molar-refractivity contribution in [1.82, 2.24) is 0 Å². The molecule has 0 aromatic carbocycles. The van der Waals surface area contributed by atoms with Gasteiger partial charge in [-0.2, -0.15) is 0 Å². The standard InChI is InChI=1S/C6H9BrCl2O/c7-3-1-4(8)6(10)5(9)2-3/h3-6,10H,1-2H2. The largest absolute Gasteiger partial charge is 0.390 e. The summed E-state index contributed by atoms with van der Waals surface area (Å²) in [6.45, 7) is 0. The van der Waals surface area contributed by atoms with Crippen LogP contribution in [0.2, 0.25) is 0 Å². The normalized spacial score (nSPS) is 49.2. The quantitative estimate of drug-likeness (QED) is 0.651. The second kappa shape index (κ2) is 3.61. The minimum absolute atomic E-state index is 0.194. The Balaban J connectivity index is 2.49. The van der Waals surface area contributed by atoms with Crippen LogP contribution in [0.5, 0.6) is 0 Å². The van der Waals surface area contributed by atoms with E-state index >= 15 is 0 Å². The van der Waals surface area contributed by atoms with E-state index in [0.717, 1.165) is 12.8 Å². The molecule has 0 heterocycles. The van der Waals surface area contributed by atoms with Gasteiger partial charge in [0.1, 0.15) is 0 Å². The van der Waals surface area contributed by atoms with Crippen molar-refractivity contribution in [2.24, 2.45) is 0 Å². The monoisotopic (exact) mass is 246 g/mol. The van der Waals surface area contributed by atoms with Crippen LogP contribution >= 0.6 is 39.1 Å². The van der Waals surface area contributed by atoms with Gasteiger partial charge >= 0.3 is 0 Å². The van der Waals surface area contributed by atoms with Crippen molar-refractivity contribution in [2.75, 3.05) is 0 Å². The van der Waals surface area contributed by atoms with E-state index < -0.39 is 6.10 Å². The van der Waals surface area contributed by atoms with Gasteiger partial charge in [0.05, 0.1) is 16.9 Å². The topological polar surface area (TPSA) is 20.2 Å². The second-order valence-corrected chi connectivity index (χ2v) is 5.01. The molecule has 0 radical (unpaired) electrons. The van der Waals surface area contributed by atoms with Crippen molar-refractivity contribution in [3.63, 3.8) is 0 Å². The van der Waals surface area contributed by atoms with E-state index in [1.807, 2.05) is 0 Å². The lowest BCUT2D eigenvalue weighted by Crippen LogP contribution is -2.39. The number of alkyl halides is 3. The number of hydrogen-bond donors (Lipinski definition) is 1. The Kier molecular flexibility index (Phi) is 3.29. The van der Waals surface area contributed by atoms with Crippen molar-refractivity contribution >= 4 is 39.1 Å². The van der Waals surface area contributed by atoms with E-state index in [2.05, 4.69) is 15.9 Å².